The van der Waals surface area contributed by atoms with Crippen molar-refractivity contribution in [1.82, 2.24) is 19.7 Å². The van der Waals surface area contributed by atoms with Crippen LogP contribution in [0.3, 0.4) is 0 Å². The Morgan fingerprint density at radius 2 is 1.52 bits per heavy atom. The van der Waals surface area contributed by atoms with E-state index in [1.165, 1.54) is 5.69 Å². The molecule has 6 heteroatoms. The zero-order chi connectivity index (χ0) is 17.2. The van der Waals surface area contributed by atoms with Gasteiger partial charge in [-0.1, -0.05) is 18.2 Å². The highest BCUT2D eigenvalue weighted by molar-refractivity contribution is 5.49. The van der Waals surface area contributed by atoms with Crippen LogP contribution in [-0.4, -0.2) is 45.9 Å². The highest BCUT2D eigenvalue weighted by Gasteiger charge is 2.19. The smallest absolute Gasteiger partial charge is 0.174 e. The molecule has 25 heavy (non-hydrogen) atoms. The van der Waals surface area contributed by atoms with E-state index >= 15 is 0 Å². The van der Waals surface area contributed by atoms with Crippen LogP contribution in [0, 0.1) is 13.8 Å². The molecule has 6 nitrogen and oxygen atoms in total. The van der Waals surface area contributed by atoms with Crippen LogP contribution in [0.5, 0.6) is 0 Å². The number of para-hydroxylation sites is 1. The molecular weight excluding hydrogens is 312 g/mol. The number of hydrogen-bond donors (Lipinski definition) is 0. The summed E-state index contributed by atoms with van der Waals surface area (Å²) in [5.41, 5.74) is 3.34. The van der Waals surface area contributed by atoms with Crippen LogP contribution in [-0.2, 0) is 0 Å². The fourth-order valence-electron chi connectivity index (χ4n) is 3.29. The van der Waals surface area contributed by atoms with E-state index in [0.717, 1.165) is 49.2 Å². The summed E-state index contributed by atoms with van der Waals surface area (Å²) < 4.78 is 1.85. The molecule has 0 bridgehead atoms. The second kappa shape index (κ2) is 6.55. The van der Waals surface area contributed by atoms with Gasteiger partial charge in [0.1, 0.15) is 5.82 Å². The Hall–Kier alpha value is -2.89. The lowest BCUT2D eigenvalue weighted by molar-refractivity contribution is 0.644. The van der Waals surface area contributed by atoms with E-state index in [1.54, 1.807) is 6.20 Å². The van der Waals surface area contributed by atoms with E-state index in [2.05, 4.69) is 50.2 Å². The molecule has 0 amide bonds. The van der Waals surface area contributed by atoms with Gasteiger partial charge in [-0.05, 0) is 32.0 Å². The van der Waals surface area contributed by atoms with Crippen molar-refractivity contribution in [2.45, 2.75) is 13.8 Å². The molecule has 0 saturated carbocycles. The molecule has 0 atom stereocenters. The summed E-state index contributed by atoms with van der Waals surface area (Å²) in [5.74, 6) is 1.69. The molecule has 2 aromatic heterocycles. The van der Waals surface area contributed by atoms with Gasteiger partial charge in [0.05, 0.1) is 18.1 Å². The Bertz CT molecular complexity index is 849. The largest absolute Gasteiger partial charge is 0.368 e. The first kappa shape index (κ1) is 15.6. The lowest BCUT2D eigenvalue weighted by Gasteiger charge is -2.36. The van der Waals surface area contributed by atoms with Crippen LogP contribution in [0.1, 0.15) is 11.4 Å². The van der Waals surface area contributed by atoms with Crippen molar-refractivity contribution in [3.05, 3.63) is 60.2 Å². The molecule has 4 rings (SSSR count). The maximum Gasteiger partial charge on any atom is 0.174 e. The van der Waals surface area contributed by atoms with Crippen LogP contribution in [0.4, 0.5) is 11.5 Å². The minimum absolute atomic E-state index is 0.772. The molecule has 0 spiro atoms. The Morgan fingerprint density at radius 3 is 2.20 bits per heavy atom. The molecule has 128 valence electrons. The molecule has 3 heterocycles. The number of aromatic nitrogens is 4. The van der Waals surface area contributed by atoms with Crippen molar-refractivity contribution in [2.75, 3.05) is 36.0 Å². The second-order valence-corrected chi connectivity index (χ2v) is 6.38. The highest BCUT2D eigenvalue weighted by Crippen LogP contribution is 2.19. The van der Waals surface area contributed by atoms with Gasteiger partial charge in [-0.3, -0.25) is 4.98 Å². The third kappa shape index (κ3) is 3.20. The number of rotatable bonds is 3. The van der Waals surface area contributed by atoms with Crippen molar-refractivity contribution in [1.29, 1.82) is 0 Å². The zero-order valence-corrected chi connectivity index (χ0v) is 14.6. The van der Waals surface area contributed by atoms with Gasteiger partial charge in [0, 0.05) is 37.6 Å². The van der Waals surface area contributed by atoms with Crippen LogP contribution < -0.4 is 9.80 Å². The zero-order valence-electron chi connectivity index (χ0n) is 14.6. The Kier molecular flexibility index (Phi) is 4.09. The predicted molar refractivity (Wildman–Crippen MR) is 99.5 cm³/mol. The molecule has 0 unspecified atom stereocenters. The van der Waals surface area contributed by atoms with Crippen molar-refractivity contribution in [2.24, 2.45) is 0 Å². The Morgan fingerprint density at radius 1 is 0.840 bits per heavy atom. The lowest BCUT2D eigenvalue weighted by Crippen LogP contribution is -2.46. The number of piperazine rings is 1. The third-order valence-electron chi connectivity index (χ3n) is 4.56. The number of aryl methyl sites for hydroxylation is 2. The first-order valence-corrected chi connectivity index (χ1v) is 8.61. The van der Waals surface area contributed by atoms with Crippen LogP contribution in [0.15, 0.2) is 48.8 Å². The maximum atomic E-state index is 4.78. The van der Waals surface area contributed by atoms with E-state index in [4.69, 9.17) is 4.98 Å². The van der Waals surface area contributed by atoms with Gasteiger partial charge in [0.15, 0.2) is 5.82 Å². The molecule has 1 aliphatic rings. The standard InChI is InChI=1S/C19H22N6/c1-15-12-16(2)25(22-15)19-14-20-13-18(21-19)24-10-8-23(9-11-24)17-6-4-3-5-7-17/h3-7,12-14H,8-11H2,1-2H3. The molecule has 0 radical (unpaired) electrons. The van der Waals surface area contributed by atoms with Gasteiger partial charge in [-0.15, -0.1) is 0 Å². The van der Waals surface area contributed by atoms with Crippen molar-refractivity contribution in [3.8, 4) is 5.82 Å². The Balaban J connectivity index is 1.50. The summed E-state index contributed by atoms with van der Waals surface area (Å²) >= 11 is 0. The van der Waals surface area contributed by atoms with Crippen LogP contribution in [0.25, 0.3) is 5.82 Å². The summed E-state index contributed by atoms with van der Waals surface area (Å²) in [7, 11) is 0. The second-order valence-electron chi connectivity index (χ2n) is 6.38. The molecule has 1 aliphatic heterocycles. The molecule has 1 fully saturated rings. The summed E-state index contributed by atoms with van der Waals surface area (Å²) in [5, 5.41) is 4.51. The molecule has 1 aromatic carbocycles. The van der Waals surface area contributed by atoms with Crippen molar-refractivity contribution >= 4 is 11.5 Å². The Labute approximate surface area is 147 Å². The topological polar surface area (TPSA) is 50.1 Å². The molecule has 0 aliphatic carbocycles. The molecule has 0 N–H and O–H groups in total. The third-order valence-corrected chi connectivity index (χ3v) is 4.56. The van der Waals surface area contributed by atoms with Crippen molar-refractivity contribution in [3.63, 3.8) is 0 Å². The number of nitrogens with zero attached hydrogens (tertiary/aromatic N) is 6. The summed E-state index contributed by atoms with van der Waals surface area (Å²) in [6, 6.07) is 12.6. The fraction of sp³-hybridized carbons (Fsp3) is 0.316. The minimum atomic E-state index is 0.772. The van der Waals surface area contributed by atoms with Crippen LogP contribution >= 0.6 is 0 Å². The summed E-state index contributed by atoms with van der Waals surface area (Å²) in [6.07, 6.45) is 3.61. The highest BCUT2D eigenvalue weighted by atomic mass is 15.3. The number of anilines is 2. The lowest BCUT2D eigenvalue weighted by atomic mass is 10.2. The van der Waals surface area contributed by atoms with Gasteiger partial charge in [0.2, 0.25) is 0 Å². The maximum absolute atomic E-state index is 4.78. The average molecular weight is 334 g/mol. The fourth-order valence-corrected chi connectivity index (χ4v) is 3.29. The quantitative estimate of drug-likeness (QED) is 0.737. The first-order valence-electron chi connectivity index (χ1n) is 8.61. The van der Waals surface area contributed by atoms with Gasteiger partial charge in [-0.2, -0.15) is 5.10 Å². The van der Waals surface area contributed by atoms with E-state index < -0.39 is 0 Å². The van der Waals surface area contributed by atoms with Gasteiger partial charge in [0.25, 0.3) is 0 Å². The average Bonchev–Trinajstić information content (AvgIpc) is 3.01. The number of hydrogen-bond acceptors (Lipinski definition) is 5. The number of benzene rings is 1. The van der Waals surface area contributed by atoms with E-state index in [-0.39, 0.29) is 0 Å². The SMILES string of the molecule is Cc1cc(C)n(-c2cncc(N3CCN(c4ccccc4)CC3)n2)n1. The van der Waals surface area contributed by atoms with Crippen LogP contribution in [0.2, 0.25) is 0 Å². The normalized spacial score (nSPS) is 14.8. The molecular formula is C19H22N6. The molecule has 1 saturated heterocycles. The van der Waals surface area contributed by atoms with Gasteiger partial charge < -0.3 is 9.80 Å². The molecule has 3 aromatic rings. The predicted octanol–water partition coefficient (Wildman–Crippen LogP) is 2.61. The first-order chi connectivity index (χ1) is 12.2. The summed E-state index contributed by atoms with van der Waals surface area (Å²) in [4.78, 5) is 13.9. The minimum Gasteiger partial charge on any atom is -0.368 e. The van der Waals surface area contributed by atoms with E-state index in [0.29, 0.717) is 0 Å². The summed E-state index contributed by atoms with van der Waals surface area (Å²) in [6.45, 7) is 7.86. The van der Waals surface area contributed by atoms with E-state index in [9.17, 15) is 0 Å². The monoisotopic (exact) mass is 334 g/mol. The van der Waals surface area contributed by atoms with Gasteiger partial charge in [-0.25, -0.2) is 9.67 Å². The van der Waals surface area contributed by atoms with Crippen molar-refractivity contribution < 1.29 is 0 Å². The van der Waals surface area contributed by atoms with E-state index in [1.807, 2.05) is 30.8 Å². The van der Waals surface area contributed by atoms with Gasteiger partial charge >= 0.3 is 0 Å².